The molecule has 0 spiro atoms. The lowest BCUT2D eigenvalue weighted by atomic mass is 10.1. The van der Waals surface area contributed by atoms with Crippen molar-refractivity contribution >= 4 is 30.7 Å². The Hall–Kier alpha value is -3.04. The molecule has 4 aromatic rings. The Labute approximate surface area is 195 Å². The summed E-state index contributed by atoms with van der Waals surface area (Å²) in [5, 5.41) is 3.04. The van der Waals surface area contributed by atoms with E-state index in [-0.39, 0.29) is 11.4 Å². The minimum atomic E-state index is -1.18. The Morgan fingerprint density at radius 3 is 2.70 bits per heavy atom. The lowest BCUT2D eigenvalue weighted by Gasteiger charge is -2.20. The van der Waals surface area contributed by atoms with Gasteiger partial charge in [0.1, 0.15) is 30.0 Å². The van der Waals surface area contributed by atoms with Gasteiger partial charge < -0.3 is 19.0 Å². The van der Waals surface area contributed by atoms with E-state index in [4.69, 9.17) is 9.72 Å². The molecule has 9 heteroatoms. The number of carbonyl (C=O) groups excluding carboxylic acids is 1. The topological polar surface area (TPSA) is 86.3 Å². The molecule has 8 nitrogen and oxygen atoms in total. The highest BCUT2D eigenvalue weighted by atomic mass is 28.3. The van der Waals surface area contributed by atoms with Crippen LogP contribution in [0, 0.1) is 0 Å². The van der Waals surface area contributed by atoms with E-state index in [1.54, 1.807) is 18.7 Å². The number of hydrogen-bond donors (Lipinski definition) is 1. The maximum Gasteiger partial charge on any atom is 0.255 e. The summed E-state index contributed by atoms with van der Waals surface area (Å²) in [7, 11) is -1.18. The molecular formula is C24H32N6O2Si. The lowest BCUT2D eigenvalue weighted by Crippen LogP contribution is -2.40. The number of hydrogen-bond acceptors (Lipinski definition) is 5. The van der Waals surface area contributed by atoms with Crippen LogP contribution in [0.2, 0.25) is 25.7 Å². The summed E-state index contributed by atoms with van der Waals surface area (Å²) in [6.07, 6.45) is 7.19. The van der Waals surface area contributed by atoms with Crippen molar-refractivity contribution in [2.45, 2.75) is 58.7 Å². The number of pyridine rings is 1. The van der Waals surface area contributed by atoms with Gasteiger partial charge in [0.05, 0.1) is 17.3 Å². The molecule has 33 heavy (non-hydrogen) atoms. The van der Waals surface area contributed by atoms with Crippen molar-refractivity contribution in [3.05, 3.63) is 48.7 Å². The largest absolute Gasteiger partial charge is 0.361 e. The highest BCUT2D eigenvalue weighted by molar-refractivity contribution is 6.76. The number of nitrogens with one attached hydrogen (secondary N) is 1. The van der Waals surface area contributed by atoms with Gasteiger partial charge in [0, 0.05) is 32.6 Å². The first-order valence-electron chi connectivity index (χ1n) is 11.2. The molecule has 1 amide bonds. The average molecular weight is 465 g/mol. The van der Waals surface area contributed by atoms with E-state index in [9.17, 15) is 4.79 Å². The Balaban J connectivity index is 1.73. The average Bonchev–Trinajstić information content (AvgIpc) is 3.30. The van der Waals surface area contributed by atoms with E-state index in [1.165, 1.54) is 0 Å². The molecule has 0 saturated heterocycles. The van der Waals surface area contributed by atoms with Crippen LogP contribution in [0.4, 0.5) is 0 Å². The Morgan fingerprint density at radius 1 is 1.18 bits per heavy atom. The molecule has 0 saturated carbocycles. The Morgan fingerprint density at radius 2 is 1.97 bits per heavy atom. The van der Waals surface area contributed by atoms with Crippen LogP contribution in [-0.4, -0.2) is 50.0 Å². The maximum atomic E-state index is 13.1. The molecule has 0 aliphatic heterocycles. The number of amides is 1. The summed E-state index contributed by atoms with van der Waals surface area (Å²) in [6.45, 7) is 13.8. The summed E-state index contributed by atoms with van der Waals surface area (Å²) in [5.41, 5.74) is 3.55. The number of rotatable bonds is 7. The van der Waals surface area contributed by atoms with Gasteiger partial charge in [-0.3, -0.25) is 4.79 Å². The van der Waals surface area contributed by atoms with Crippen LogP contribution in [0.15, 0.2) is 43.1 Å². The van der Waals surface area contributed by atoms with Gasteiger partial charge in [0.2, 0.25) is 0 Å². The summed E-state index contributed by atoms with van der Waals surface area (Å²) in [6, 6.07) is 6.97. The van der Waals surface area contributed by atoms with Gasteiger partial charge >= 0.3 is 0 Å². The molecule has 4 rings (SSSR count). The second-order valence-electron chi connectivity index (χ2n) is 10.6. The number of imidazole rings is 1. The standard InChI is InChI=1S/C24H32N6O2Si/c1-24(2,3)28-23(31)17-14-30(16-32-11-12-33(4,5)6)22-20(17)27-18(13-25-22)21-19-9-7-8-10-29(19)15-26-21/h7-10,13-15H,11-12,16H2,1-6H3,(H,28,31). The van der Waals surface area contributed by atoms with Crippen LogP contribution >= 0.6 is 0 Å². The molecule has 0 aliphatic rings. The smallest absolute Gasteiger partial charge is 0.255 e. The summed E-state index contributed by atoms with van der Waals surface area (Å²) < 4.78 is 9.74. The second-order valence-corrected chi connectivity index (χ2v) is 16.2. The number of nitrogens with zero attached hydrogens (tertiary/aromatic N) is 5. The molecule has 0 aromatic carbocycles. The van der Waals surface area contributed by atoms with Crippen molar-refractivity contribution in [1.82, 2.24) is 29.2 Å². The monoisotopic (exact) mass is 464 g/mol. The quantitative estimate of drug-likeness (QED) is 0.319. The van der Waals surface area contributed by atoms with Crippen molar-refractivity contribution in [3.63, 3.8) is 0 Å². The van der Waals surface area contributed by atoms with Crippen molar-refractivity contribution < 1.29 is 9.53 Å². The molecule has 0 unspecified atom stereocenters. The zero-order valence-electron chi connectivity index (χ0n) is 20.2. The fourth-order valence-corrected chi connectivity index (χ4v) is 4.28. The predicted molar refractivity (Wildman–Crippen MR) is 133 cm³/mol. The number of ether oxygens (including phenoxy) is 1. The van der Waals surface area contributed by atoms with Gasteiger partial charge in [0.25, 0.3) is 5.91 Å². The third kappa shape index (κ3) is 5.31. The van der Waals surface area contributed by atoms with E-state index in [2.05, 4.69) is 34.9 Å². The number of carbonyl (C=O) groups is 1. The molecule has 174 valence electrons. The zero-order chi connectivity index (χ0) is 23.8. The van der Waals surface area contributed by atoms with E-state index in [0.29, 0.717) is 35.8 Å². The van der Waals surface area contributed by atoms with Crippen LogP contribution in [0.25, 0.3) is 28.1 Å². The molecule has 0 radical (unpaired) electrons. The maximum absolute atomic E-state index is 13.1. The van der Waals surface area contributed by atoms with Crippen molar-refractivity contribution in [1.29, 1.82) is 0 Å². The number of aromatic nitrogens is 5. The number of fused-ring (bicyclic) bond motifs is 2. The first-order valence-corrected chi connectivity index (χ1v) is 14.9. The first kappa shape index (κ1) is 23.1. The fourth-order valence-electron chi connectivity index (χ4n) is 3.52. The first-order chi connectivity index (χ1) is 15.5. The molecule has 4 aromatic heterocycles. The van der Waals surface area contributed by atoms with Crippen LogP contribution in [-0.2, 0) is 11.5 Å². The van der Waals surface area contributed by atoms with E-state index >= 15 is 0 Å². The van der Waals surface area contributed by atoms with E-state index in [0.717, 1.165) is 17.3 Å². The van der Waals surface area contributed by atoms with Gasteiger partial charge in [-0.15, -0.1) is 0 Å². The zero-order valence-corrected chi connectivity index (χ0v) is 21.2. The predicted octanol–water partition coefficient (Wildman–Crippen LogP) is 4.59. The highest BCUT2D eigenvalue weighted by Crippen LogP contribution is 2.25. The molecule has 0 bridgehead atoms. The Kier molecular flexibility index (Phi) is 6.11. The highest BCUT2D eigenvalue weighted by Gasteiger charge is 2.23. The fraction of sp³-hybridized carbons (Fsp3) is 0.417. The lowest BCUT2D eigenvalue weighted by molar-refractivity contribution is 0.0886. The molecule has 1 N–H and O–H groups in total. The Bertz CT molecular complexity index is 1300. The van der Waals surface area contributed by atoms with E-state index in [1.807, 2.05) is 54.1 Å². The SMILES string of the molecule is CC(C)(C)NC(=O)c1cn(COCC[Si](C)(C)C)c2ncc(-c3ncn4ccccc34)nc12. The molecular weight excluding hydrogens is 432 g/mol. The van der Waals surface area contributed by atoms with Gasteiger partial charge in [-0.05, 0) is 38.9 Å². The van der Waals surface area contributed by atoms with Gasteiger partial charge in [-0.2, -0.15) is 0 Å². The normalized spacial score (nSPS) is 12.5. The summed E-state index contributed by atoms with van der Waals surface area (Å²) in [5.74, 6) is -0.186. The van der Waals surface area contributed by atoms with Crippen LogP contribution in [0.5, 0.6) is 0 Å². The third-order valence-electron chi connectivity index (χ3n) is 5.21. The molecule has 0 aliphatic carbocycles. The van der Waals surface area contributed by atoms with Crippen LogP contribution in [0.1, 0.15) is 31.1 Å². The van der Waals surface area contributed by atoms with Crippen molar-refractivity contribution in [2.75, 3.05) is 6.61 Å². The van der Waals surface area contributed by atoms with Crippen molar-refractivity contribution in [3.8, 4) is 11.4 Å². The van der Waals surface area contributed by atoms with Gasteiger partial charge in [-0.25, -0.2) is 15.0 Å². The van der Waals surface area contributed by atoms with Crippen LogP contribution in [0.3, 0.4) is 0 Å². The minimum Gasteiger partial charge on any atom is -0.361 e. The molecule has 0 fully saturated rings. The van der Waals surface area contributed by atoms with E-state index < -0.39 is 8.07 Å². The second kappa shape index (κ2) is 8.72. The minimum absolute atomic E-state index is 0.186. The summed E-state index contributed by atoms with van der Waals surface area (Å²) in [4.78, 5) is 27.2. The molecule has 0 atom stereocenters. The van der Waals surface area contributed by atoms with Crippen molar-refractivity contribution in [2.24, 2.45) is 0 Å². The van der Waals surface area contributed by atoms with Gasteiger partial charge in [0.15, 0.2) is 5.65 Å². The van der Waals surface area contributed by atoms with Crippen LogP contribution < -0.4 is 5.32 Å². The van der Waals surface area contributed by atoms with Gasteiger partial charge in [-0.1, -0.05) is 25.7 Å². The molecule has 4 heterocycles. The third-order valence-corrected chi connectivity index (χ3v) is 6.92. The summed E-state index contributed by atoms with van der Waals surface area (Å²) >= 11 is 0.